The molecule has 1 fully saturated rings. The number of piperidine rings is 1. The minimum Gasteiger partial charge on any atom is -0.472 e. The third kappa shape index (κ3) is 4.09. The fraction of sp³-hybridized carbons (Fsp3) is 0.625. The Morgan fingerprint density at radius 2 is 2.24 bits per heavy atom. The summed E-state index contributed by atoms with van der Waals surface area (Å²) in [5, 5.41) is 2.96. The summed E-state index contributed by atoms with van der Waals surface area (Å²) in [5.74, 6) is 0.403. The van der Waals surface area contributed by atoms with E-state index in [2.05, 4.69) is 19.2 Å². The molecule has 2 amide bonds. The zero-order valence-corrected chi connectivity index (χ0v) is 12.8. The third-order valence-corrected chi connectivity index (χ3v) is 3.86. The van der Waals surface area contributed by atoms with E-state index in [9.17, 15) is 9.59 Å². The number of rotatable bonds is 5. The lowest BCUT2D eigenvalue weighted by Gasteiger charge is -2.34. The molecule has 1 N–H and O–H groups in total. The normalized spacial score (nSPS) is 18.8. The largest absolute Gasteiger partial charge is 0.472 e. The van der Waals surface area contributed by atoms with Crippen LogP contribution in [0.2, 0.25) is 0 Å². The number of nitrogens with one attached hydrogen (secondary N) is 1. The maximum Gasteiger partial charge on any atom is 0.257 e. The predicted octanol–water partition coefficient (Wildman–Crippen LogP) is 2.44. The molecule has 1 atom stereocenters. The second-order valence-corrected chi connectivity index (χ2v) is 6.00. The van der Waals surface area contributed by atoms with Crippen molar-refractivity contribution >= 4 is 11.8 Å². The van der Waals surface area contributed by atoms with Crippen LogP contribution >= 0.6 is 0 Å². The summed E-state index contributed by atoms with van der Waals surface area (Å²) in [5.41, 5.74) is 0.511. The van der Waals surface area contributed by atoms with Gasteiger partial charge >= 0.3 is 0 Å². The summed E-state index contributed by atoms with van der Waals surface area (Å²) in [6, 6.07) is 1.29. The molecule has 0 aromatic carbocycles. The molecule has 0 unspecified atom stereocenters. The average Bonchev–Trinajstić information content (AvgIpc) is 3.00. The van der Waals surface area contributed by atoms with Crippen LogP contribution in [0.4, 0.5) is 0 Å². The minimum atomic E-state index is -0.353. The lowest BCUT2D eigenvalue weighted by molar-refractivity contribution is -0.126. The van der Waals surface area contributed by atoms with Gasteiger partial charge in [0.1, 0.15) is 12.3 Å². The molecule has 2 heterocycles. The number of amides is 2. The first-order chi connectivity index (χ1) is 10.1. The first kappa shape index (κ1) is 15.6. The number of likely N-dealkylation sites (tertiary alicyclic amines) is 1. The highest BCUT2D eigenvalue weighted by Crippen LogP contribution is 2.20. The fourth-order valence-corrected chi connectivity index (χ4v) is 2.60. The van der Waals surface area contributed by atoms with Crippen LogP contribution in [0.5, 0.6) is 0 Å². The highest BCUT2D eigenvalue weighted by molar-refractivity contribution is 5.97. The number of furan rings is 1. The number of hydrogen-bond donors (Lipinski definition) is 1. The molecular weight excluding hydrogens is 268 g/mol. The highest BCUT2D eigenvalue weighted by atomic mass is 16.3. The van der Waals surface area contributed by atoms with Crippen LogP contribution in [0, 0.1) is 5.92 Å². The predicted molar refractivity (Wildman–Crippen MR) is 79.8 cm³/mol. The molecule has 1 saturated heterocycles. The van der Waals surface area contributed by atoms with E-state index >= 15 is 0 Å². The van der Waals surface area contributed by atoms with Gasteiger partial charge < -0.3 is 14.6 Å². The summed E-state index contributed by atoms with van der Waals surface area (Å²) in [4.78, 5) is 26.5. The molecule has 116 valence electrons. The Morgan fingerprint density at radius 3 is 2.90 bits per heavy atom. The van der Waals surface area contributed by atoms with E-state index < -0.39 is 0 Å². The number of carbonyl (C=O) groups excluding carboxylic acids is 2. The van der Waals surface area contributed by atoms with Crippen molar-refractivity contribution in [3.8, 4) is 0 Å². The summed E-state index contributed by atoms with van der Waals surface area (Å²) in [7, 11) is 0. The van der Waals surface area contributed by atoms with Crippen molar-refractivity contribution in [3.05, 3.63) is 24.2 Å². The van der Waals surface area contributed by atoms with Gasteiger partial charge in [-0.15, -0.1) is 0 Å². The monoisotopic (exact) mass is 292 g/mol. The molecule has 1 aromatic rings. The van der Waals surface area contributed by atoms with Gasteiger partial charge in [-0.3, -0.25) is 9.59 Å². The molecule has 0 aliphatic carbocycles. The highest BCUT2D eigenvalue weighted by Gasteiger charge is 2.32. The Hall–Kier alpha value is -1.78. The van der Waals surface area contributed by atoms with Gasteiger partial charge in [-0.2, -0.15) is 0 Å². The SMILES string of the molecule is CC(C)CCNC(=O)[C@H]1CCCCN1C(=O)c1ccoc1. The Kier molecular flexibility index (Phi) is 5.42. The molecule has 0 radical (unpaired) electrons. The molecular formula is C16H24N2O3. The maximum absolute atomic E-state index is 12.4. The molecule has 5 nitrogen and oxygen atoms in total. The van der Waals surface area contributed by atoms with Gasteiger partial charge in [-0.05, 0) is 37.7 Å². The van der Waals surface area contributed by atoms with Gasteiger partial charge in [0.15, 0.2) is 0 Å². The van der Waals surface area contributed by atoms with E-state index in [1.54, 1.807) is 11.0 Å². The molecule has 1 aliphatic heterocycles. The van der Waals surface area contributed by atoms with Crippen LogP contribution < -0.4 is 5.32 Å². The first-order valence-corrected chi connectivity index (χ1v) is 7.70. The van der Waals surface area contributed by atoms with Crippen LogP contribution in [0.25, 0.3) is 0 Å². The zero-order chi connectivity index (χ0) is 15.2. The molecule has 0 saturated carbocycles. The third-order valence-electron chi connectivity index (χ3n) is 3.86. The van der Waals surface area contributed by atoms with Gasteiger partial charge in [0.25, 0.3) is 5.91 Å². The first-order valence-electron chi connectivity index (χ1n) is 7.70. The van der Waals surface area contributed by atoms with E-state index in [4.69, 9.17) is 4.42 Å². The Bertz CT molecular complexity index is 468. The molecule has 0 spiro atoms. The lowest BCUT2D eigenvalue weighted by Crippen LogP contribution is -2.52. The van der Waals surface area contributed by atoms with Crippen molar-refractivity contribution in [3.63, 3.8) is 0 Å². The second kappa shape index (κ2) is 7.29. The van der Waals surface area contributed by atoms with Crippen molar-refractivity contribution in [2.45, 2.75) is 45.6 Å². The Balaban J connectivity index is 1.98. The quantitative estimate of drug-likeness (QED) is 0.906. The van der Waals surface area contributed by atoms with Crippen LogP contribution in [0.3, 0.4) is 0 Å². The summed E-state index contributed by atoms with van der Waals surface area (Å²) in [6.45, 7) is 5.55. The summed E-state index contributed by atoms with van der Waals surface area (Å²) < 4.78 is 4.97. The van der Waals surface area contributed by atoms with E-state index in [1.165, 1.54) is 12.5 Å². The van der Waals surface area contributed by atoms with Crippen LogP contribution in [0.15, 0.2) is 23.0 Å². The average molecular weight is 292 g/mol. The van der Waals surface area contributed by atoms with E-state index in [0.29, 0.717) is 24.6 Å². The molecule has 2 rings (SSSR count). The van der Waals surface area contributed by atoms with Crippen molar-refractivity contribution < 1.29 is 14.0 Å². The van der Waals surface area contributed by atoms with Crippen molar-refractivity contribution in [1.82, 2.24) is 10.2 Å². The zero-order valence-electron chi connectivity index (χ0n) is 12.8. The van der Waals surface area contributed by atoms with E-state index in [1.807, 2.05) is 0 Å². The molecule has 1 aliphatic rings. The number of hydrogen-bond acceptors (Lipinski definition) is 3. The van der Waals surface area contributed by atoms with Crippen molar-refractivity contribution in [2.24, 2.45) is 5.92 Å². The Morgan fingerprint density at radius 1 is 1.43 bits per heavy atom. The summed E-state index contributed by atoms with van der Waals surface area (Å²) >= 11 is 0. The van der Waals surface area contributed by atoms with Gasteiger partial charge in [0.05, 0.1) is 11.8 Å². The smallest absolute Gasteiger partial charge is 0.257 e. The summed E-state index contributed by atoms with van der Waals surface area (Å²) in [6.07, 6.45) is 6.53. The lowest BCUT2D eigenvalue weighted by atomic mass is 10.00. The second-order valence-electron chi connectivity index (χ2n) is 6.00. The number of carbonyl (C=O) groups is 2. The van der Waals surface area contributed by atoms with Crippen LogP contribution in [0.1, 0.15) is 49.9 Å². The standard InChI is InChI=1S/C16H24N2O3/c1-12(2)6-8-17-15(19)14-5-3-4-9-18(14)16(20)13-7-10-21-11-13/h7,10-12,14H,3-6,8-9H2,1-2H3,(H,17,19)/t14-/m1/s1. The molecule has 1 aromatic heterocycles. The van der Waals surface area contributed by atoms with Crippen molar-refractivity contribution in [1.29, 1.82) is 0 Å². The molecule has 5 heteroatoms. The van der Waals surface area contributed by atoms with Crippen LogP contribution in [-0.4, -0.2) is 35.8 Å². The minimum absolute atomic E-state index is 0.0350. The van der Waals surface area contributed by atoms with E-state index in [0.717, 1.165) is 25.7 Å². The van der Waals surface area contributed by atoms with Gasteiger partial charge in [0, 0.05) is 13.1 Å². The molecule has 0 bridgehead atoms. The topological polar surface area (TPSA) is 62.6 Å². The van der Waals surface area contributed by atoms with Crippen molar-refractivity contribution in [2.75, 3.05) is 13.1 Å². The maximum atomic E-state index is 12.4. The van der Waals surface area contributed by atoms with Gasteiger partial charge in [-0.1, -0.05) is 13.8 Å². The fourth-order valence-electron chi connectivity index (χ4n) is 2.60. The van der Waals surface area contributed by atoms with Crippen LogP contribution in [-0.2, 0) is 4.79 Å². The van der Waals surface area contributed by atoms with Gasteiger partial charge in [0.2, 0.25) is 5.91 Å². The molecule has 21 heavy (non-hydrogen) atoms. The van der Waals surface area contributed by atoms with E-state index in [-0.39, 0.29) is 17.9 Å². The number of nitrogens with zero attached hydrogens (tertiary/aromatic N) is 1. The Labute approximate surface area is 125 Å². The van der Waals surface area contributed by atoms with Gasteiger partial charge in [-0.25, -0.2) is 0 Å².